The number of rotatable bonds is 9. The molecular weight excluding hydrogens is 450 g/mol. The summed E-state index contributed by atoms with van der Waals surface area (Å²) in [6.07, 6.45) is 0.614. The molecule has 36 heavy (non-hydrogen) atoms. The van der Waals surface area contributed by atoms with Crippen molar-refractivity contribution < 1.29 is 19.1 Å². The molecule has 1 aromatic heterocycles. The van der Waals surface area contributed by atoms with E-state index in [0.29, 0.717) is 30.9 Å². The van der Waals surface area contributed by atoms with Gasteiger partial charge in [0, 0.05) is 29.5 Å². The number of fused-ring (bicyclic) bond motifs is 1. The monoisotopic (exact) mass is 477 g/mol. The summed E-state index contributed by atoms with van der Waals surface area (Å²) in [7, 11) is 0. The highest BCUT2D eigenvalue weighted by Crippen LogP contribution is 2.34. The molecule has 0 unspecified atom stereocenters. The van der Waals surface area contributed by atoms with Gasteiger partial charge in [0.15, 0.2) is 0 Å². The molecule has 0 atom stereocenters. The molecule has 4 aromatic carbocycles. The topological polar surface area (TPSA) is 85.7 Å². The first kappa shape index (κ1) is 23.4. The van der Waals surface area contributed by atoms with Crippen LogP contribution in [0.15, 0.2) is 101 Å². The van der Waals surface area contributed by atoms with Crippen LogP contribution < -0.4 is 10.5 Å². The van der Waals surface area contributed by atoms with E-state index in [1.165, 1.54) is 5.56 Å². The van der Waals surface area contributed by atoms with Gasteiger partial charge in [-0.15, -0.1) is 0 Å². The second-order valence-corrected chi connectivity index (χ2v) is 8.81. The van der Waals surface area contributed by atoms with Crippen molar-refractivity contribution in [3.63, 3.8) is 0 Å². The van der Waals surface area contributed by atoms with Crippen LogP contribution >= 0.6 is 0 Å². The normalized spacial score (nSPS) is 11.0. The Labute approximate surface area is 209 Å². The lowest BCUT2D eigenvalue weighted by Crippen LogP contribution is -2.04. The maximum Gasteiger partial charge on any atom is 0.307 e. The molecule has 0 radical (unpaired) electrons. The van der Waals surface area contributed by atoms with Crippen molar-refractivity contribution in [1.82, 2.24) is 0 Å². The van der Waals surface area contributed by atoms with E-state index in [4.69, 9.17) is 14.9 Å². The van der Waals surface area contributed by atoms with Gasteiger partial charge in [0.1, 0.15) is 23.7 Å². The van der Waals surface area contributed by atoms with E-state index in [-0.39, 0.29) is 6.42 Å². The summed E-state index contributed by atoms with van der Waals surface area (Å²) in [6, 6.07) is 31.9. The van der Waals surface area contributed by atoms with Crippen molar-refractivity contribution >= 4 is 16.9 Å². The van der Waals surface area contributed by atoms with Crippen molar-refractivity contribution in [2.24, 2.45) is 5.73 Å². The first-order chi connectivity index (χ1) is 17.6. The van der Waals surface area contributed by atoms with Crippen molar-refractivity contribution in [2.75, 3.05) is 0 Å². The third-order valence-electron chi connectivity index (χ3n) is 6.13. The van der Waals surface area contributed by atoms with Crippen LogP contribution in [-0.4, -0.2) is 11.1 Å². The smallest absolute Gasteiger partial charge is 0.307 e. The summed E-state index contributed by atoms with van der Waals surface area (Å²) in [4.78, 5) is 11.3. The molecule has 0 fully saturated rings. The average molecular weight is 478 g/mol. The molecule has 0 aliphatic rings. The minimum absolute atomic E-state index is 0.0864. The molecule has 0 saturated carbocycles. The second kappa shape index (κ2) is 10.5. The van der Waals surface area contributed by atoms with E-state index in [9.17, 15) is 9.90 Å². The molecule has 0 aliphatic carbocycles. The maximum absolute atomic E-state index is 11.3. The zero-order chi connectivity index (χ0) is 24.9. The molecular formula is C31H27NO4. The van der Waals surface area contributed by atoms with Crippen LogP contribution in [0.1, 0.15) is 28.0 Å². The number of carboxylic acids is 1. The minimum atomic E-state index is -0.890. The molecule has 0 spiro atoms. The molecule has 5 nitrogen and oxygen atoms in total. The Balaban J connectivity index is 1.52. The van der Waals surface area contributed by atoms with E-state index in [1.54, 1.807) is 12.1 Å². The summed E-state index contributed by atoms with van der Waals surface area (Å²) in [5.41, 5.74) is 12.6. The SMILES string of the molecule is NCc1cccc(-c2cc(COc3ccccc3CC(=O)O)cc3cc(Cc4ccccc4)oc23)c1. The maximum atomic E-state index is 11.3. The minimum Gasteiger partial charge on any atom is -0.489 e. The molecule has 0 aliphatic heterocycles. The van der Waals surface area contributed by atoms with Crippen molar-refractivity contribution in [3.8, 4) is 16.9 Å². The number of furan rings is 1. The Bertz CT molecular complexity index is 1500. The van der Waals surface area contributed by atoms with Gasteiger partial charge >= 0.3 is 5.97 Å². The highest BCUT2D eigenvalue weighted by atomic mass is 16.5. The largest absolute Gasteiger partial charge is 0.489 e. The number of aliphatic carboxylic acids is 1. The van der Waals surface area contributed by atoms with Crippen LogP contribution in [0.4, 0.5) is 0 Å². The highest BCUT2D eigenvalue weighted by Gasteiger charge is 2.15. The fourth-order valence-corrected chi connectivity index (χ4v) is 4.43. The van der Waals surface area contributed by atoms with Crippen LogP contribution in [0.2, 0.25) is 0 Å². The van der Waals surface area contributed by atoms with Crippen molar-refractivity contribution in [3.05, 3.63) is 125 Å². The Morgan fingerprint density at radius 3 is 2.42 bits per heavy atom. The molecule has 0 saturated heterocycles. The van der Waals surface area contributed by atoms with Crippen LogP contribution in [0.25, 0.3) is 22.1 Å². The Morgan fingerprint density at radius 1 is 0.833 bits per heavy atom. The third kappa shape index (κ3) is 5.32. The van der Waals surface area contributed by atoms with E-state index in [2.05, 4.69) is 42.5 Å². The number of para-hydroxylation sites is 1. The molecule has 0 bridgehead atoms. The van der Waals surface area contributed by atoms with Gasteiger partial charge in [0.05, 0.1) is 6.42 Å². The first-order valence-electron chi connectivity index (χ1n) is 11.9. The zero-order valence-electron chi connectivity index (χ0n) is 19.8. The third-order valence-corrected chi connectivity index (χ3v) is 6.13. The van der Waals surface area contributed by atoms with E-state index in [0.717, 1.165) is 39.0 Å². The molecule has 5 rings (SSSR count). The molecule has 5 heteroatoms. The number of carbonyl (C=O) groups is 1. The van der Waals surface area contributed by atoms with Gasteiger partial charge in [-0.1, -0.05) is 66.7 Å². The average Bonchev–Trinajstić information content (AvgIpc) is 3.30. The van der Waals surface area contributed by atoms with Crippen LogP contribution in [0, 0.1) is 0 Å². The predicted octanol–water partition coefficient (Wildman–Crippen LogP) is 6.36. The molecule has 1 heterocycles. The number of nitrogens with two attached hydrogens (primary N) is 1. The number of benzene rings is 4. The second-order valence-electron chi connectivity index (χ2n) is 8.81. The lowest BCUT2D eigenvalue weighted by atomic mass is 9.99. The number of hydrogen-bond acceptors (Lipinski definition) is 4. The van der Waals surface area contributed by atoms with Crippen LogP contribution in [-0.2, 0) is 30.8 Å². The quantitative estimate of drug-likeness (QED) is 0.258. The van der Waals surface area contributed by atoms with Crippen molar-refractivity contribution in [2.45, 2.75) is 26.0 Å². The Kier molecular flexibility index (Phi) is 6.83. The lowest BCUT2D eigenvalue weighted by Gasteiger charge is -2.12. The summed E-state index contributed by atoms with van der Waals surface area (Å²) in [6.45, 7) is 0.757. The summed E-state index contributed by atoms with van der Waals surface area (Å²) in [5.74, 6) is 0.569. The van der Waals surface area contributed by atoms with E-state index < -0.39 is 5.97 Å². The standard InChI is InChI=1S/C31H27NO4/c32-19-22-9-6-11-24(13-22)28-16-23(20-35-29-12-5-4-10-25(29)18-30(33)34)14-26-17-27(36-31(26)28)15-21-7-2-1-3-8-21/h1-14,16-17H,15,18-20,32H2,(H,33,34). The summed E-state index contributed by atoms with van der Waals surface area (Å²) >= 11 is 0. The van der Waals surface area contributed by atoms with Crippen molar-refractivity contribution in [1.29, 1.82) is 0 Å². The molecule has 3 N–H and O–H groups in total. The van der Waals surface area contributed by atoms with Gasteiger partial charge in [0.25, 0.3) is 0 Å². The van der Waals surface area contributed by atoms with Gasteiger partial charge in [-0.05, 0) is 52.6 Å². The fourth-order valence-electron chi connectivity index (χ4n) is 4.43. The predicted molar refractivity (Wildman–Crippen MR) is 141 cm³/mol. The van der Waals surface area contributed by atoms with Gasteiger partial charge in [-0.25, -0.2) is 0 Å². The van der Waals surface area contributed by atoms with Crippen LogP contribution in [0.5, 0.6) is 5.75 Å². The van der Waals surface area contributed by atoms with Crippen LogP contribution in [0.3, 0.4) is 0 Å². The van der Waals surface area contributed by atoms with Gasteiger partial charge in [-0.3, -0.25) is 4.79 Å². The fraction of sp³-hybridized carbons (Fsp3) is 0.129. The number of carboxylic acid groups (broad SMARTS) is 1. The zero-order valence-corrected chi connectivity index (χ0v) is 19.8. The highest BCUT2D eigenvalue weighted by molar-refractivity contribution is 5.93. The van der Waals surface area contributed by atoms with E-state index >= 15 is 0 Å². The Hall–Kier alpha value is -4.35. The summed E-state index contributed by atoms with van der Waals surface area (Å²) < 4.78 is 12.5. The summed E-state index contributed by atoms with van der Waals surface area (Å²) in [5, 5.41) is 10.2. The van der Waals surface area contributed by atoms with E-state index in [1.807, 2.05) is 42.5 Å². The molecule has 0 amide bonds. The van der Waals surface area contributed by atoms with Gasteiger partial charge < -0.3 is 20.0 Å². The number of ether oxygens (including phenoxy) is 1. The Morgan fingerprint density at radius 2 is 1.61 bits per heavy atom. The molecule has 180 valence electrons. The van der Waals surface area contributed by atoms with Gasteiger partial charge in [-0.2, -0.15) is 0 Å². The first-order valence-corrected chi connectivity index (χ1v) is 11.9. The van der Waals surface area contributed by atoms with Gasteiger partial charge in [0.2, 0.25) is 0 Å². The lowest BCUT2D eigenvalue weighted by molar-refractivity contribution is -0.136. The number of hydrogen-bond donors (Lipinski definition) is 2. The molecule has 5 aromatic rings.